The van der Waals surface area contributed by atoms with Crippen molar-refractivity contribution in [3.05, 3.63) is 34.9 Å². The first kappa shape index (κ1) is 19.2. The number of ketones is 1. The van der Waals surface area contributed by atoms with E-state index in [0.717, 1.165) is 11.1 Å². The lowest BCUT2D eigenvalue weighted by Gasteiger charge is -2.23. The minimum Gasteiger partial charge on any atom is -0.444 e. The molecule has 5 heteroatoms. The molecule has 1 atom stereocenters. The average Bonchev–Trinajstić information content (AvgIpc) is 2.35. The summed E-state index contributed by atoms with van der Waals surface area (Å²) in [5.41, 5.74) is 2.13. The molecule has 0 bridgehead atoms. The number of Topliss-reactive ketones (excluding diaryl/α,β-unsaturated/α-hetero) is 1. The van der Waals surface area contributed by atoms with E-state index < -0.39 is 17.7 Å². The number of nitrogens with one attached hydrogen (secondary N) is 1. The van der Waals surface area contributed by atoms with Crippen LogP contribution in [0.15, 0.2) is 18.2 Å². The van der Waals surface area contributed by atoms with Crippen molar-refractivity contribution in [3.8, 4) is 0 Å². The molecule has 0 radical (unpaired) electrons. The second kappa shape index (κ2) is 8.11. The Kier molecular flexibility index (Phi) is 6.76. The molecule has 1 amide bonds. The van der Waals surface area contributed by atoms with Crippen molar-refractivity contribution in [2.24, 2.45) is 0 Å². The fraction of sp³-hybridized carbons (Fsp3) is 0.556. The van der Waals surface area contributed by atoms with Gasteiger partial charge in [0.25, 0.3) is 0 Å². The van der Waals surface area contributed by atoms with Crippen molar-refractivity contribution >= 4 is 11.9 Å². The minimum absolute atomic E-state index is 0.0272. The number of aryl methyl sites for hydroxylation is 2. The molecule has 1 aromatic carbocycles. The van der Waals surface area contributed by atoms with Crippen molar-refractivity contribution in [1.29, 1.82) is 0 Å². The largest absolute Gasteiger partial charge is 0.444 e. The van der Waals surface area contributed by atoms with Gasteiger partial charge >= 0.3 is 6.09 Å². The fourth-order valence-corrected chi connectivity index (χ4v) is 2.29. The molecule has 0 aliphatic rings. The maximum Gasteiger partial charge on any atom is 0.407 e. The molecular weight excluding hydrogens is 294 g/mol. The van der Waals surface area contributed by atoms with E-state index in [4.69, 9.17) is 9.47 Å². The van der Waals surface area contributed by atoms with Crippen molar-refractivity contribution in [2.45, 2.75) is 52.7 Å². The number of hydrogen-bond acceptors (Lipinski definition) is 4. The Morgan fingerprint density at radius 3 is 2.39 bits per heavy atom. The van der Waals surface area contributed by atoms with Crippen LogP contribution in [-0.2, 0) is 9.47 Å². The Bertz CT molecular complexity index is 561. The van der Waals surface area contributed by atoms with Gasteiger partial charge in [-0.15, -0.1) is 0 Å². The monoisotopic (exact) mass is 321 g/mol. The molecular formula is C18H27NO4. The summed E-state index contributed by atoms with van der Waals surface area (Å²) in [6, 6.07) is 5.28. The lowest BCUT2D eigenvalue weighted by molar-refractivity contribution is 0.0464. The predicted molar refractivity (Wildman–Crippen MR) is 89.9 cm³/mol. The number of amides is 1. The van der Waals surface area contributed by atoms with Crippen LogP contribution in [0.1, 0.15) is 48.7 Å². The van der Waals surface area contributed by atoms with Crippen molar-refractivity contribution in [3.63, 3.8) is 0 Å². The average molecular weight is 321 g/mol. The van der Waals surface area contributed by atoms with Gasteiger partial charge in [0.1, 0.15) is 5.60 Å². The van der Waals surface area contributed by atoms with Crippen molar-refractivity contribution in [1.82, 2.24) is 5.32 Å². The van der Waals surface area contributed by atoms with Crippen LogP contribution in [0, 0.1) is 13.8 Å². The molecule has 1 aromatic rings. The maximum atomic E-state index is 12.5. The van der Waals surface area contributed by atoms with E-state index in [1.54, 1.807) is 20.8 Å². The van der Waals surface area contributed by atoms with Crippen LogP contribution in [-0.4, -0.2) is 37.2 Å². The number of carbonyl (C=O) groups excluding carboxylic acids is 2. The van der Waals surface area contributed by atoms with Gasteiger partial charge in [0, 0.05) is 19.1 Å². The summed E-state index contributed by atoms with van der Waals surface area (Å²) in [6.07, 6.45) is -0.384. The highest BCUT2D eigenvalue weighted by Crippen LogP contribution is 2.14. The van der Waals surface area contributed by atoms with Crippen LogP contribution in [0.25, 0.3) is 0 Å². The predicted octanol–water partition coefficient (Wildman–Crippen LogP) is 3.42. The molecule has 0 aromatic heterocycles. The summed E-state index contributed by atoms with van der Waals surface area (Å²) in [6.45, 7) is 9.51. The molecule has 0 aliphatic heterocycles. The summed E-state index contributed by atoms with van der Waals surface area (Å²) >= 11 is 0. The van der Waals surface area contributed by atoms with Gasteiger partial charge in [-0.05, 0) is 40.2 Å². The van der Waals surface area contributed by atoms with E-state index >= 15 is 0 Å². The zero-order valence-corrected chi connectivity index (χ0v) is 14.9. The first-order valence-corrected chi connectivity index (χ1v) is 7.71. The van der Waals surface area contributed by atoms with E-state index in [1.807, 2.05) is 32.0 Å². The number of benzene rings is 1. The fourth-order valence-electron chi connectivity index (χ4n) is 2.29. The third kappa shape index (κ3) is 6.82. The number of rotatable bonds is 6. The Morgan fingerprint density at radius 2 is 1.87 bits per heavy atom. The Hall–Kier alpha value is -1.88. The number of alkyl carbamates (subject to hydrolysis) is 1. The summed E-state index contributed by atoms with van der Waals surface area (Å²) in [7, 11) is 1.53. The summed E-state index contributed by atoms with van der Waals surface area (Å²) in [5, 5.41) is 2.70. The summed E-state index contributed by atoms with van der Waals surface area (Å²) in [4.78, 5) is 24.4. The van der Waals surface area contributed by atoms with E-state index in [1.165, 1.54) is 7.11 Å². The van der Waals surface area contributed by atoms with Gasteiger partial charge in [-0.25, -0.2) is 4.79 Å². The highest BCUT2D eigenvalue weighted by Gasteiger charge is 2.22. The lowest BCUT2D eigenvalue weighted by Crippen LogP contribution is -2.42. The number of ether oxygens (including phenoxy) is 2. The summed E-state index contributed by atoms with van der Waals surface area (Å²) in [5.74, 6) is -0.0272. The van der Waals surface area contributed by atoms with Gasteiger partial charge in [-0.2, -0.15) is 0 Å². The van der Waals surface area contributed by atoms with Crippen molar-refractivity contribution < 1.29 is 19.1 Å². The molecule has 1 unspecified atom stereocenters. The first-order valence-electron chi connectivity index (χ1n) is 7.71. The van der Waals surface area contributed by atoms with Crippen molar-refractivity contribution in [2.75, 3.05) is 13.7 Å². The quantitative estimate of drug-likeness (QED) is 0.815. The smallest absolute Gasteiger partial charge is 0.407 e. The van der Waals surface area contributed by atoms with E-state index in [9.17, 15) is 9.59 Å². The third-order valence-corrected chi connectivity index (χ3v) is 3.20. The molecule has 1 rings (SSSR count). The minimum atomic E-state index is -0.584. The van der Waals surface area contributed by atoms with Gasteiger partial charge in [0.2, 0.25) is 0 Å². The number of methoxy groups -OCH3 is 1. The van der Waals surface area contributed by atoms with E-state index in [-0.39, 0.29) is 18.8 Å². The maximum absolute atomic E-state index is 12.5. The second-order valence-corrected chi connectivity index (χ2v) is 6.74. The second-order valence-electron chi connectivity index (χ2n) is 6.74. The SMILES string of the molecule is COCC(CC(=O)c1ccc(C)cc1C)NC(=O)OC(C)(C)C. The van der Waals surface area contributed by atoms with Crippen LogP contribution in [0.5, 0.6) is 0 Å². The van der Waals surface area contributed by atoms with Gasteiger partial charge in [-0.1, -0.05) is 23.8 Å². The lowest BCUT2D eigenvalue weighted by atomic mass is 9.98. The topological polar surface area (TPSA) is 64.6 Å². The molecule has 128 valence electrons. The van der Waals surface area contributed by atoms with Gasteiger partial charge in [0.15, 0.2) is 5.78 Å². The highest BCUT2D eigenvalue weighted by molar-refractivity contribution is 5.98. The number of carbonyl (C=O) groups is 2. The molecule has 0 saturated heterocycles. The molecule has 0 aliphatic carbocycles. The molecule has 0 saturated carbocycles. The molecule has 5 nitrogen and oxygen atoms in total. The van der Waals surface area contributed by atoms with Crippen LogP contribution in [0.4, 0.5) is 4.79 Å². The van der Waals surface area contributed by atoms with E-state index in [2.05, 4.69) is 5.32 Å². The van der Waals surface area contributed by atoms with Crippen LogP contribution in [0.3, 0.4) is 0 Å². The van der Waals surface area contributed by atoms with Crippen LogP contribution >= 0.6 is 0 Å². The zero-order chi connectivity index (χ0) is 17.6. The standard InChI is InChI=1S/C18H27NO4/c1-12-7-8-15(13(2)9-12)16(20)10-14(11-22-6)19-17(21)23-18(3,4)5/h7-9,14H,10-11H2,1-6H3,(H,19,21). The van der Waals surface area contributed by atoms with Crippen LogP contribution in [0.2, 0.25) is 0 Å². The molecule has 23 heavy (non-hydrogen) atoms. The Balaban J connectivity index is 2.75. The Labute approximate surface area is 138 Å². The summed E-state index contributed by atoms with van der Waals surface area (Å²) < 4.78 is 10.3. The van der Waals surface area contributed by atoms with E-state index in [0.29, 0.717) is 5.56 Å². The van der Waals surface area contributed by atoms with Gasteiger partial charge < -0.3 is 14.8 Å². The molecule has 0 fully saturated rings. The first-order chi connectivity index (χ1) is 10.6. The highest BCUT2D eigenvalue weighted by atomic mass is 16.6. The Morgan fingerprint density at radius 1 is 1.22 bits per heavy atom. The molecule has 0 spiro atoms. The third-order valence-electron chi connectivity index (χ3n) is 3.20. The van der Waals surface area contributed by atoms with Gasteiger partial charge in [-0.3, -0.25) is 4.79 Å². The molecule has 1 N–H and O–H groups in total. The zero-order valence-electron chi connectivity index (χ0n) is 14.9. The normalized spacial score (nSPS) is 12.6. The number of hydrogen-bond donors (Lipinski definition) is 1. The molecule has 0 heterocycles. The van der Waals surface area contributed by atoms with Gasteiger partial charge in [0.05, 0.1) is 12.6 Å². The van der Waals surface area contributed by atoms with Crippen LogP contribution < -0.4 is 5.32 Å².